The molecule has 712 valence electrons. The maximum absolute atomic E-state index is 14.7. The molecule has 124 heavy (non-hydrogen) atoms. The van der Waals surface area contributed by atoms with Crippen LogP contribution in [0, 0.1) is 17.8 Å². The number of Topliss-reactive ketones (excluding diaryl/α,β-unsaturated/α-hetero) is 2. The first kappa shape index (κ1) is 109. The van der Waals surface area contributed by atoms with Crippen LogP contribution in [0.15, 0.2) is 18.2 Å². The van der Waals surface area contributed by atoms with Gasteiger partial charge in [0.05, 0.1) is 64.0 Å². The van der Waals surface area contributed by atoms with Crippen molar-refractivity contribution in [1.82, 2.24) is 37.2 Å². The number of carbonyl (C=O) groups excluding carboxylic acids is 9. The smallest absolute Gasteiger partial charge is 0.394 e. The number of hydrogen-bond acceptors (Lipinski definition) is 33. The Morgan fingerprint density at radius 1 is 0.411 bits per heavy atom. The third kappa shape index (κ3) is 38.4. The molecule has 4 fully saturated rings. The van der Waals surface area contributed by atoms with Crippen LogP contribution in [0.3, 0.4) is 0 Å². The average Bonchev–Trinajstić information content (AvgIpc) is 0.813. The number of aliphatic hydroxyl groups is 13. The van der Waals surface area contributed by atoms with Gasteiger partial charge in [0.2, 0.25) is 41.4 Å². The molecule has 0 spiro atoms. The number of hydrogen-bond donors (Lipinski definition) is 21. The number of rotatable bonds is 62. The van der Waals surface area contributed by atoms with Crippen LogP contribution in [0.1, 0.15) is 211 Å². The summed E-state index contributed by atoms with van der Waals surface area (Å²) in [6, 6.07) is 0.244. The number of amides is 7. The van der Waals surface area contributed by atoms with E-state index in [9.17, 15) is 119 Å². The summed E-state index contributed by atoms with van der Waals surface area (Å²) >= 11 is 0. The van der Waals surface area contributed by atoms with Gasteiger partial charge < -0.3 is 146 Å². The summed E-state index contributed by atoms with van der Waals surface area (Å²) in [6.07, 6.45) is -13.7. The minimum absolute atomic E-state index is 0.00781. The summed E-state index contributed by atoms with van der Waals surface area (Å²) in [6.45, 7) is 3.71. The van der Waals surface area contributed by atoms with Crippen molar-refractivity contribution in [3.8, 4) is 0 Å². The number of carbonyl (C=O) groups is 9. The lowest BCUT2D eigenvalue weighted by molar-refractivity contribution is -0.282. The predicted molar refractivity (Wildman–Crippen MR) is 438 cm³/mol. The highest BCUT2D eigenvalue weighted by molar-refractivity contribution is 7.47. The molecule has 24 atom stereocenters. The highest BCUT2D eigenvalue weighted by Crippen LogP contribution is 2.43. The number of nitrogens with one attached hydrogen (secondary N) is 7. The van der Waals surface area contributed by atoms with E-state index in [0.29, 0.717) is 93.7 Å². The summed E-state index contributed by atoms with van der Waals surface area (Å²) < 4.78 is 67.2. The van der Waals surface area contributed by atoms with Crippen molar-refractivity contribution in [2.24, 2.45) is 17.8 Å². The Bertz CT molecular complexity index is 3390. The van der Waals surface area contributed by atoms with Crippen LogP contribution in [0.25, 0.3) is 0 Å². The number of aliphatic hydroxyl groups excluding tert-OH is 13. The van der Waals surface area contributed by atoms with Crippen molar-refractivity contribution in [1.29, 1.82) is 0 Å². The number of unbranched alkanes of at least 4 members (excludes halogenated alkanes) is 8. The van der Waals surface area contributed by atoms with E-state index in [1.807, 2.05) is 0 Å². The van der Waals surface area contributed by atoms with Gasteiger partial charge in [0.25, 0.3) is 0 Å². The van der Waals surface area contributed by atoms with E-state index < -0.39 is 204 Å². The molecule has 0 bridgehead atoms. The lowest BCUT2D eigenvalue weighted by atomic mass is 9.92. The molecule has 0 aromatic heterocycles. The highest BCUT2D eigenvalue weighted by Gasteiger charge is 2.47. The first-order valence-corrected chi connectivity index (χ1v) is 44.9. The van der Waals surface area contributed by atoms with E-state index in [0.717, 1.165) is 7.11 Å². The van der Waals surface area contributed by atoms with Gasteiger partial charge in [0.1, 0.15) is 78.8 Å². The van der Waals surface area contributed by atoms with Crippen LogP contribution < -0.4 is 37.2 Å². The summed E-state index contributed by atoms with van der Waals surface area (Å²) in [5.41, 5.74) is 1.42. The normalized spacial score (nSPS) is 27.6. The maximum atomic E-state index is 14.7. The quantitative estimate of drug-likeness (QED) is 0.0254. The molecule has 0 aliphatic carbocycles. The van der Waals surface area contributed by atoms with Gasteiger partial charge in [-0.15, -0.1) is 0 Å². The van der Waals surface area contributed by atoms with Gasteiger partial charge in [-0.1, -0.05) is 51.8 Å². The summed E-state index contributed by atoms with van der Waals surface area (Å²) in [7, 11) is -3.33. The fraction of sp³-hybridized carbons (Fsp3) is 0.817. The molecule has 4 heterocycles. The van der Waals surface area contributed by atoms with E-state index in [2.05, 4.69) is 41.7 Å². The number of phosphoric ester groups is 1. The molecule has 42 heteroatoms. The second-order valence-corrected chi connectivity index (χ2v) is 33.9. The largest absolute Gasteiger partial charge is 0.472 e. The standard InChI is InChI=1S/C82H140N7O34P/c1-48-69(102)72(105)60(43-91)120-79(48)115-34-18-12-29-64(98)83-32-16-10-25-58(88-67(101)31-14-20-36-117-81-50(3)71(104)74(107)62(45-93)122-81)78(111)89-56(59(97)27-8-9-28-65(99)85-41-52-38-53(42-90)40-54(39-52)47-119-124(112,113)114-5)24-7-6-15-33-84-77(110)57(87-66(100)30-13-19-35-116-80-49(2)70(103)73(106)61(44-92)121-80)26-21-23-55(96)22-11-17-37-118-82-68(86-51(4)95)76(109)75(108)63(46-94)123-82/h38-40,48-50,56-58,60-63,68-76,79-82,90-94,102-109H,6-37,41-47H2,1-5H3,(H,83,98)(H,84,110)(H,85,99)(H,86,95)(H,87,100)(H,88,101)(H,89,111)(H,112,113)/t48-,49-,50-,56+,57+,58+,60-,61-,62-,63-,68-,69-,70-,71-,72+,73+,74+,75+,76-,79-,80-,81-,82-/m1/s1. The van der Waals surface area contributed by atoms with Gasteiger partial charge in [-0.2, -0.15) is 0 Å². The van der Waals surface area contributed by atoms with Crippen molar-refractivity contribution in [2.45, 2.75) is 337 Å². The Hall–Kier alpha value is -5.88. The van der Waals surface area contributed by atoms with Gasteiger partial charge in [0, 0.05) is 123 Å². The third-order valence-electron chi connectivity index (χ3n) is 22.3. The van der Waals surface area contributed by atoms with Crippen LogP contribution in [-0.2, 0) is 114 Å². The number of benzene rings is 1. The molecular weight excluding hydrogens is 1660 g/mol. The molecule has 4 aliphatic rings. The SMILES string of the molecule is COP(=O)(O)OCc1cc(CO)cc(CNC(=O)CCCCC(=O)[C@H](CCCCCNC(=O)[C@H](CCCC(=O)CCCCO[C@@H]2O[C@H](CO)[C@H](O)[C@H](O)[C@H]2NC(C)=O)NC(=O)CCCCO[C@@H]2O[C@H](CO)[C@H](O)[C@H](O)[C@H]2C)NC(=O)[C@H](CCCCNC(=O)CCCCO[C@@H]2O[C@H](CO)[C@H](O)[C@H](O)[C@H]2C)NC(=O)CCCCO[C@@H]2O[C@H](CO)[C@H](O)[C@H](O)[C@H]2C)c1. The van der Waals surface area contributed by atoms with E-state index in [1.165, 1.54) is 6.92 Å². The second kappa shape index (κ2) is 58.6. The van der Waals surface area contributed by atoms with Crippen molar-refractivity contribution in [2.75, 3.05) is 73.1 Å². The average molecular weight is 1800 g/mol. The highest BCUT2D eigenvalue weighted by atomic mass is 31.2. The van der Waals surface area contributed by atoms with Crippen LogP contribution in [0.2, 0.25) is 0 Å². The van der Waals surface area contributed by atoms with Crippen LogP contribution in [0.5, 0.6) is 0 Å². The molecule has 0 saturated carbocycles. The molecule has 21 N–H and O–H groups in total. The van der Waals surface area contributed by atoms with Crippen molar-refractivity contribution in [3.05, 3.63) is 34.9 Å². The lowest BCUT2D eigenvalue weighted by Gasteiger charge is -2.42. The van der Waals surface area contributed by atoms with E-state index >= 15 is 0 Å². The molecule has 5 rings (SSSR count). The zero-order valence-electron chi connectivity index (χ0n) is 72.0. The molecule has 41 nitrogen and oxygen atoms in total. The Morgan fingerprint density at radius 2 is 0.798 bits per heavy atom. The predicted octanol–water partition coefficient (Wildman–Crippen LogP) is -1.74. The first-order chi connectivity index (χ1) is 59.2. The van der Waals surface area contributed by atoms with Crippen molar-refractivity contribution >= 4 is 60.7 Å². The molecule has 7 amide bonds. The molecule has 1 aromatic rings. The van der Waals surface area contributed by atoms with Gasteiger partial charge in [0.15, 0.2) is 30.9 Å². The summed E-state index contributed by atoms with van der Waals surface area (Å²) in [4.78, 5) is 132. The topological polar surface area (TPSA) is 630 Å². The third-order valence-corrected chi connectivity index (χ3v) is 23.3. The molecule has 1 aromatic carbocycles. The lowest BCUT2D eigenvalue weighted by Crippen LogP contribution is -2.64. The van der Waals surface area contributed by atoms with E-state index in [1.54, 1.807) is 39.0 Å². The monoisotopic (exact) mass is 1800 g/mol. The Kier molecular flexibility index (Phi) is 51.4. The molecule has 4 aliphatic heterocycles. The zero-order chi connectivity index (χ0) is 91.4. The number of phosphoric acid groups is 1. The molecule has 0 radical (unpaired) electrons. The number of ketones is 2. The maximum Gasteiger partial charge on any atom is 0.472 e. The van der Waals surface area contributed by atoms with Gasteiger partial charge in [-0.3, -0.25) is 52.2 Å². The second-order valence-electron chi connectivity index (χ2n) is 32.4. The summed E-state index contributed by atoms with van der Waals surface area (Å²) in [5, 5.41) is 151. The van der Waals surface area contributed by atoms with Crippen LogP contribution in [-0.4, -0.2) is 320 Å². The van der Waals surface area contributed by atoms with E-state index in [4.69, 9.17) is 42.4 Å². The fourth-order valence-corrected chi connectivity index (χ4v) is 15.1. The van der Waals surface area contributed by atoms with Gasteiger partial charge in [-0.25, -0.2) is 4.57 Å². The Balaban J connectivity index is 1.24. The molecule has 4 saturated heterocycles. The molecular formula is C82H140N7O34P. The van der Waals surface area contributed by atoms with Crippen LogP contribution in [0.4, 0.5) is 0 Å². The van der Waals surface area contributed by atoms with Gasteiger partial charge >= 0.3 is 7.82 Å². The summed E-state index contributed by atoms with van der Waals surface area (Å²) in [5.74, 6) is -5.84. The Labute approximate surface area is 723 Å². The van der Waals surface area contributed by atoms with Crippen molar-refractivity contribution in [3.63, 3.8) is 0 Å². The van der Waals surface area contributed by atoms with Crippen molar-refractivity contribution < 1.29 is 166 Å². The Morgan fingerprint density at radius 3 is 1.29 bits per heavy atom. The number of ether oxygens (including phenoxy) is 8. The minimum Gasteiger partial charge on any atom is -0.394 e. The minimum atomic E-state index is -4.33. The molecule has 1 unspecified atom stereocenters. The fourth-order valence-electron chi connectivity index (χ4n) is 14.7. The first-order valence-electron chi connectivity index (χ1n) is 43.4. The van der Waals surface area contributed by atoms with Gasteiger partial charge in [-0.05, 0) is 126 Å². The zero-order valence-corrected chi connectivity index (χ0v) is 72.9. The van der Waals surface area contributed by atoms with Crippen LogP contribution >= 0.6 is 7.82 Å². The van der Waals surface area contributed by atoms with E-state index in [-0.39, 0.29) is 173 Å².